The number of nitrogens with one attached hydrogen (secondary N) is 1. The molecule has 0 bridgehead atoms. The van der Waals surface area contributed by atoms with Crippen LogP contribution in [0.1, 0.15) is 56.6 Å². The van der Waals surface area contributed by atoms with Crippen LogP contribution in [-0.2, 0) is 21.5 Å². The van der Waals surface area contributed by atoms with Crippen LogP contribution < -0.4 is 5.32 Å². The van der Waals surface area contributed by atoms with Gasteiger partial charge in [-0.15, -0.1) is 0 Å². The molecule has 150 valence electrons. The number of benzene rings is 1. The predicted molar refractivity (Wildman–Crippen MR) is 105 cm³/mol. The van der Waals surface area contributed by atoms with E-state index in [0.717, 1.165) is 54.6 Å². The Bertz CT molecular complexity index is 800. The van der Waals surface area contributed by atoms with E-state index < -0.39 is 11.6 Å². The van der Waals surface area contributed by atoms with Crippen molar-refractivity contribution in [1.29, 1.82) is 0 Å². The van der Waals surface area contributed by atoms with Crippen molar-refractivity contribution in [1.82, 2.24) is 15.1 Å². The third-order valence-corrected chi connectivity index (χ3v) is 6.87. The van der Waals surface area contributed by atoms with Gasteiger partial charge in [0.2, 0.25) is 5.91 Å². The molecule has 2 aliphatic carbocycles. The molecular weight excluding hydrogens is 354 g/mol. The Morgan fingerprint density at radius 1 is 1.21 bits per heavy atom. The zero-order valence-electron chi connectivity index (χ0n) is 16.7. The standard InChI is InChI=1S/C22H29N3O3/c1-15-9-11-17(12-10-15)24(2)19(26)14-25-20(27)22(23-21(25)28)13-5-7-16-6-3-4-8-18(16)22/h3-4,6,8,15,17H,5,7,9-14H2,1-2H3,(H,23,28)/t15?,17?,22-/m1/s1. The van der Waals surface area contributed by atoms with Crippen LogP contribution in [0.4, 0.5) is 4.79 Å². The number of urea groups is 1. The average molecular weight is 383 g/mol. The molecule has 0 aromatic heterocycles. The summed E-state index contributed by atoms with van der Waals surface area (Å²) < 4.78 is 0. The maximum absolute atomic E-state index is 13.3. The molecule has 0 radical (unpaired) electrons. The number of imide groups is 1. The minimum atomic E-state index is -1.01. The third-order valence-electron chi connectivity index (χ3n) is 6.87. The Morgan fingerprint density at radius 3 is 2.68 bits per heavy atom. The number of hydrogen-bond acceptors (Lipinski definition) is 3. The summed E-state index contributed by atoms with van der Waals surface area (Å²) in [4.78, 5) is 41.7. The third kappa shape index (κ3) is 3.09. The summed E-state index contributed by atoms with van der Waals surface area (Å²) in [6.07, 6.45) is 6.53. The van der Waals surface area contributed by atoms with Gasteiger partial charge < -0.3 is 10.2 Å². The number of likely N-dealkylation sites (N-methyl/N-ethyl adjacent to an activating group) is 1. The van der Waals surface area contributed by atoms with Gasteiger partial charge in [0, 0.05) is 13.1 Å². The second kappa shape index (κ2) is 7.22. The predicted octanol–water partition coefficient (Wildman–Crippen LogP) is 2.81. The van der Waals surface area contributed by atoms with Gasteiger partial charge in [-0.3, -0.25) is 14.5 Å². The summed E-state index contributed by atoms with van der Waals surface area (Å²) >= 11 is 0. The van der Waals surface area contributed by atoms with E-state index in [0.29, 0.717) is 12.3 Å². The largest absolute Gasteiger partial charge is 0.341 e. The van der Waals surface area contributed by atoms with Crippen molar-refractivity contribution in [3.8, 4) is 0 Å². The number of aryl methyl sites for hydroxylation is 1. The van der Waals surface area contributed by atoms with Gasteiger partial charge in [-0.1, -0.05) is 31.2 Å². The van der Waals surface area contributed by atoms with Gasteiger partial charge in [-0.05, 0) is 62.0 Å². The highest BCUT2D eigenvalue weighted by molar-refractivity contribution is 6.09. The number of hydrogen-bond donors (Lipinski definition) is 1. The maximum Gasteiger partial charge on any atom is 0.325 e. The Kier molecular flexibility index (Phi) is 4.89. The van der Waals surface area contributed by atoms with Crippen molar-refractivity contribution in [2.45, 2.75) is 63.5 Å². The van der Waals surface area contributed by atoms with Crippen LogP contribution in [0.2, 0.25) is 0 Å². The highest BCUT2D eigenvalue weighted by atomic mass is 16.2. The Morgan fingerprint density at radius 2 is 1.93 bits per heavy atom. The molecule has 28 heavy (non-hydrogen) atoms. The smallest absolute Gasteiger partial charge is 0.325 e. The van der Waals surface area contributed by atoms with Crippen molar-refractivity contribution >= 4 is 17.8 Å². The first-order chi connectivity index (χ1) is 13.4. The lowest BCUT2D eigenvalue weighted by atomic mass is 9.76. The van der Waals surface area contributed by atoms with E-state index in [1.54, 1.807) is 11.9 Å². The Hall–Kier alpha value is -2.37. The van der Waals surface area contributed by atoms with Crippen molar-refractivity contribution in [2.24, 2.45) is 5.92 Å². The Balaban J connectivity index is 1.50. The molecule has 2 fully saturated rings. The van der Waals surface area contributed by atoms with Gasteiger partial charge in [-0.25, -0.2) is 4.79 Å². The minimum absolute atomic E-state index is 0.163. The number of carbonyl (C=O) groups is 3. The van der Waals surface area contributed by atoms with Crippen LogP contribution >= 0.6 is 0 Å². The van der Waals surface area contributed by atoms with Crippen LogP contribution in [-0.4, -0.2) is 47.3 Å². The number of amides is 4. The minimum Gasteiger partial charge on any atom is -0.341 e. The van der Waals surface area contributed by atoms with Crippen molar-refractivity contribution < 1.29 is 14.4 Å². The van der Waals surface area contributed by atoms with Crippen molar-refractivity contribution in [2.75, 3.05) is 13.6 Å². The highest BCUT2D eigenvalue weighted by Gasteiger charge is 2.54. The number of fused-ring (bicyclic) bond motifs is 2. The van der Waals surface area contributed by atoms with E-state index in [2.05, 4.69) is 12.2 Å². The summed E-state index contributed by atoms with van der Waals surface area (Å²) in [5.74, 6) is 0.254. The second-order valence-electron chi connectivity index (χ2n) is 8.66. The fourth-order valence-corrected chi connectivity index (χ4v) is 5.04. The second-order valence-corrected chi connectivity index (χ2v) is 8.66. The molecule has 1 atom stereocenters. The molecule has 1 heterocycles. The lowest BCUT2D eigenvalue weighted by Gasteiger charge is -2.35. The normalized spacial score (nSPS) is 29.6. The molecule has 1 saturated carbocycles. The molecule has 0 unspecified atom stereocenters. The summed E-state index contributed by atoms with van der Waals surface area (Å²) in [6, 6.07) is 7.54. The molecule has 4 rings (SSSR count). The van der Waals surface area contributed by atoms with Crippen molar-refractivity contribution in [3.05, 3.63) is 35.4 Å². The van der Waals surface area contributed by atoms with E-state index in [9.17, 15) is 14.4 Å². The van der Waals surface area contributed by atoms with Gasteiger partial charge in [-0.2, -0.15) is 0 Å². The first-order valence-electron chi connectivity index (χ1n) is 10.4. The summed E-state index contributed by atoms with van der Waals surface area (Å²) in [6.45, 7) is 2.06. The fraction of sp³-hybridized carbons (Fsp3) is 0.591. The zero-order chi connectivity index (χ0) is 19.9. The number of nitrogens with zero attached hydrogens (tertiary/aromatic N) is 2. The first-order valence-corrected chi connectivity index (χ1v) is 10.4. The topological polar surface area (TPSA) is 69.7 Å². The van der Waals surface area contributed by atoms with Gasteiger partial charge >= 0.3 is 6.03 Å². The number of rotatable bonds is 3. The van der Waals surface area contributed by atoms with Crippen LogP contribution in [0, 0.1) is 5.92 Å². The quantitative estimate of drug-likeness (QED) is 0.816. The van der Waals surface area contributed by atoms with Crippen molar-refractivity contribution in [3.63, 3.8) is 0 Å². The molecule has 1 N–H and O–H groups in total. The summed E-state index contributed by atoms with van der Waals surface area (Å²) in [5, 5.41) is 2.92. The lowest BCUT2D eigenvalue weighted by molar-refractivity contribution is -0.140. The first kappa shape index (κ1) is 19.0. The average Bonchev–Trinajstić information content (AvgIpc) is 2.93. The molecule has 1 saturated heterocycles. The summed E-state index contributed by atoms with van der Waals surface area (Å²) in [5.41, 5.74) is 0.971. The molecule has 1 aromatic rings. The molecule has 3 aliphatic rings. The fourth-order valence-electron chi connectivity index (χ4n) is 5.04. The SMILES string of the molecule is CC1CCC(N(C)C(=O)CN2C(=O)N[C@@]3(CCCc4ccccc43)C2=O)CC1. The van der Waals surface area contributed by atoms with E-state index >= 15 is 0 Å². The van der Waals surface area contributed by atoms with Gasteiger partial charge in [0.1, 0.15) is 12.1 Å². The van der Waals surface area contributed by atoms with Gasteiger partial charge in [0.15, 0.2) is 0 Å². The number of carbonyl (C=O) groups excluding carboxylic acids is 3. The molecule has 1 spiro atoms. The van der Waals surface area contributed by atoms with E-state index in [1.165, 1.54) is 0 Å². The monoisotopic (exact) mass is 383 g/mol. The zero-order valence-corrected chi connectivity index (χ0v) is 16.7. The molecule has 6 nitrogen and oxygen atoms in total. The van der Waals surface area contributed by atoms with Gasteiger partial charge in [0.25, 0.3) is 5.91 Å². The molecule has 1 aromatic carbocycles. The molecular formula is C22H29N3O3. The van der Waals surface area contributed by atoms with Crippen LogP contribution in [0.15, 0.2) is 24.3 Å². The van der Waals surface area contributed by atoms with E-state index in [-0.39, 0.29) is 24.4 Å². The molecule has 6 heteroatoms. The molecule has 4 amide bonds. The van der Waals surface area contributed by atoms with Gasteiger partial charge in [0.05, 0.1) is 0 Å². The van der Waals surface area contributed by atoms with Crippen LogP contribution in [0.5, 0.6) is 0 Å². The lowest BCUT2D eigenvalue weighted by Crippen LogP contribution is -2.48. The molecule has 1 aliphatic heterocycles. The summed E-state index contributed by atoms with van der Waals surface area (Å²) in [7, 11) is 1.80. The van der Waals surface area contributed by atoms with E-state index in [4.69, 9.17) is 0 Å². The highest BCUT2D eigenvalue weighted by Crippen LogP contribution is 2.39. The van der Waals surface area contributed by atoms with E-state index in [1.807, 2.05) is 24.3 Å². The maximum atomic E-state index is 13.3. The Labute approximate surface area is 166 Å². The van der Waals surface area contributed by atoms with Crippen LogP contribution in [0.25, 0.3) is 0 Å². The van der Waals surface area contributed by atoms with Crippen LogP contribution in [0.3, 0.4) is 0 Å².